The van der Waals surface area contributed by atoms with E-state index >= 15 is 0 Å². The maximum absolute atomic E-state index is 13.2. The first kappa shape index (κ1) is 20.7. The third-order valence-electron chi connectivity index (χ3n) is 5.84. The molecule has 33 heavy (non-hydrogen) atoms. The number of benzene rings is 4. The first-order valence-corrected chi connectivity index (χ1v) is 10.7. The number of nitrogens with zero attached hydrogens (tertiary/aromatic N) is 1. The topological polar surface area (TPSA) is 87.2 Å². The third-order valence-corrected chi connectivity index (χ3v) is 5.84. The number of nitrogens with one attached hydrogen (secondary N) is 2. The number of aliphatic hydroxyl groups is 1. The molecule has 0 aliphatic heterocycles. The molecule has 4 aromatic carbocycles. The standard InChI is InChI=1S/C27H23N3O3/c1-33-26-21(27(32)28-23(16-31)18-8-3-2-4-9-18)13-14-22-24(26)25(30-29-22)20-12-11-17-7-5-6-10-19(17)15-20/h2-15,23,31H,16H2,1H3,(H,28,32)(H,29,30)/t23-/m1/s1. The molecule has 0 saturated carbocycles. The number of aromatic nitrogens is 2. The van der Waals surface area contributed by atoms with Gasteiger partial charge in [-0.25, -0.2) is 0 Å². The van der Waals surface area contributed by atoms with Crippen molar-refractivity contribution in [1.29, 1.82) is 0 Å². The fourth-order valence-electron chi connectivity index (χ4n) is 4.18. The predicted molar refractivity (Wildman–Crippen MR) is 129 cm³/mol. The van der Waals surface area contributed by atoms with E-state index in [-0.39, 0.29) is 12.5 Å². The van der Waals surface area contributed by atoms with Gasteiger partial charge in [0, 0.05) is 5.56 Å². The maximum Gasteiger partial charge on any atom is 0.255 e. The lowest BCUT2D eigenvalue weighted by molar-refractivity contribution is 0.0913. The van der Waals surface area contributed by atoms with Gasteiger partial charge in [-0.3, -0.25) is 9.89 Å². The first-order chi connectivity index (χ1) is 16.2. The Balaban J connectivity index is 1.57. The molecule has 0 saturated heterocycles. The minimum absolute atomic E-state index is 0.214. The zero-order valence-corrected chi connectivity index (χ0v) is 18.1. The molecule has 0 bridgehead atoms. The molecule has 5 rings (SSSR count). The van der Waals surface area contributed by atoms with Gasteiger partial charge in [-0.05, 0) is 34.5 Å². The quantitative estimate of drug-likeness (QED) is 0.354. The number of methoxy groups -OCH3 is 1. The van der Waals surface area contributed by atoms with Crippen LogP contribution in [0.4, 0.5) is 0 Å². The Morgan fingerprint density at radius 2 is 1.76 bits per heavy atom. The third kappa shape index (κ3) is 3.81. The molecular formula is C27H23N3O3. The van der Waals surface area contributed by atoms with Crippen LogP contribution in [0.1, 0.15) is 22.0 Å². The van der Waals surface area contributed by atoms with Crippen LogP contribution in [0.15, 0.2) is 84.9 Å². The van der Waals surface area contributed by atoms with Crippen LogP contribution in [0.3, 0.4) is 0 Å². The average molecular weight is 437 g/mol. The van der Waals surface area contributed by atoms with Crippen LogP contribution in [0.2, 0.25) is 0 Å². The van der Waals surface area contributed by atoms with Gasteiger partial charge in [0.25, 0.3) is 5.91 Å². The normalized spacial score (nSPS) is 12.1. The summed E-state index contributed by atoms with van der Waals surface area (Å²) in [4.78, 5) is 13.2. The molecule has 0 radical (unpaired) electrons. The summed E-state index contributed by atoms with van der Waals surface area (Å²) in [5.74, 6) is 0.106. The number of carbonyl (C=O) groups excluding carboxylic acids is 1. The van der Waals surface area contributed by atoms with E-state index in [1.54, 1.807) is 13.2 Å². The molecule has 164 valence electrons. The van der Waals surface area contributed by atoms with Crippen LogP contribution in [-0.2, 0) is 0 Å². The van der Waals surface area contributed by atoms with Gasteiger partial charge >= 0.3 is 0 Å². The second-order valence-corrected chi connectivity index (χ2v) is 7.82. The summed E-state index contributed by atoms with van der Waals surface area (Å²) in [5.41, 5.74) is 3.61. The average Bonchev–Trinajstić information content (AvgIpc) is 3.31. The summed E-state index contributed by atoms with van der Waals surface area (Å²) in [6.45, 7) is -0.214. The second-order valence-electron chi connectivity index (χ2n) is 7.82. The highest BCUT2D eigenvalue weighted by Gasteiger charge is 2.22. The molecule has 1 atom stereocenters. The fraction of sp³-hybridized carbons (Fsp3) is 0.111. The Hall–Kier alpha value is -4.16. The van der Waals surface area contributed by atoms with Gasteiger partial charge in [0.05, 0.1) is 36.2 Å². The summed E-state index contributed by atoms with van der Waals surface area (Å²) in [7, 11) is 1.55. The summed E-state index contributed by atoms with van der Waals surface area (Å²) < 4.78 is 5.73. The Kier molecular flexibility index (Phi) is 5.50. The first-order valence-electron chi connectivity index (χ1n) is 10.7. The van der Waals surface area contributed by atoms with Crippen molar-refractivity contribution in [2.75, 3.05) is 13.7 Å². The number of amides is 1. The fourth-order valence-corrected chi connectivity index (χ4v) is 4.18. The van der Waals surface area contributed by atoms with Crippen molar-refractivity contribution in [3.63, 3.8) is 0 Å². The van der Waals surface area contributed by atoms with E-state index in [1.807, 2.05) is 54.6 Å². The molecule has 0 aliphatic rings. The number of aliphatic hydroxyl groups excluding tert-OH is 1. The van der Waals surface area contributed by atoms with E-state index in [2.05, 4.69) is 39.8 Å². The molecule has 6 heteroatoms. The van der Waals surface area contributed by atoms with Crippen LogP contribution in [0.25, 0.3) is 32.9 Å². The lowest BCUT2D eigenvalue weighted by Gasteiger charge is -2.18. The van der Waals surface area contributed by atoms with Gasteiger partial charge in [-0.2, -0.15) is 5.10 Å². The zero-order valence-electron chi connectivity index (χ0n) is 18.1. The lowest BCUT2D eigenvalue weighted by atomic mass is 10.0. The number of aromatic amines is 1. The second kappa shape index (κ2) is 8.76. The molecule has 5 aromatic rings. The van der Waals surface area contributed by atoms with Crippen LogP contribution < -0.4 is 10.1 Å². The smallest absolute Gasteiger partial charge is 0.255 e. The van der Waals surface area contributed by atoms with Crippen LogP contribution in [0.5, 0.6) is 5.75 Å². The van der Waals surface area contributed by atoms with Crippen LogP contribution in [-0.4, -0.2) is 34.9 Å². The maximum atomic E-state index is 13.2. The van der Waals surface area contributed by atoms with E-state index in [0.717, 1.165) is 32.8 Å². The molecule has 1 amide bonds. The number of H-pyrrole nitrogens is 1. The van der Waals surface area contributed by atoms with Crippen molar-refractivity contribution in [1.82, 2.24) is 15.5 Å². The number of rotatable bonds is 6. The Morgan fingerprint density at radius 3 is 2.52 bits per heavy atom. The molecule has 0 aliphatic carbocycles. The highest BCUT2D eigenvalue weighted by Crippen LogP contribution is 2.37. The van der Waals surface area contributed by atoms with Gasteiger partial charge in [0.1, 0.15) is 11.4 Å². The van der Waals surface area contributed by atoms with Crippen molar-refractivity contribution < 1.29 is 14.6 Å². The summed E-state index contributed by atoms with van der Waals surface area (Å²) >= 11 is 0. The predicted octanol–water partition coefficient (Wildman–Crippen LogP) is 4.86. The lowest BCUT2D eigenvalue weighted by Crippen LogP contribution is -2.31. The highest BCUT2D eigenvalue weighted by molar-refractivity contribution is 6.07. The zero-order chi connectivity index (χ0) is 22.8. The van der Waals surface area contributed by atoms with E-state index < -0.39 is 6.04 Å². The van der Waals surface area contributed by atoms with Gasteiger partial charge in [-0.15, -0.1) is 0 Å². The van der Waals surface area contributed by atoms with Crippen molar-refractivity contribution >= 4 is 27.6 Å². The van der Waals surface area contributed by atoms with Crippen LogP contribution in [0, 0.1) is 0 Å². The van der Waals surface area contributed by atoms with Gasteiger partial charge in [0.15, 0.2) is 0 Å². The van der Waals surface area contributed by atoms with Crippen molar-refractivity contribution in [3.8, 4) is 17.0 Å². The Bertz CT molecular complexity index is 1440. The minimum Gasteiger partial charge on any atom is -0.495 e. The molecule has 3 N–H and O–H groups in total. The highest BCUT2D eigenvalue weighted by atomic mass is 16.5. The monoisotopic (exact) mass is 437 g/mol. The number of fused-ring (bicyclic) bond motifs is 2. The number of hydrogen-bond acceptors (Lipinski definition) is 4. The molecule has 0 spiro atoms. The van der Waals surface area contributed by atoms with E-state index in [9.17, 15) is 9.90 Å². The Morgan fingerprint density at radius 1 is 1.00 bits per heavy atom. The minimum atomic E-state index is -0.525. The number of ether oxygens (including phenoxy) is 1. The van der Waals surface area contributed by atoms with Gasteiger partial charge in [0.2, 0.25) is 0 Å². The number of hydrogen-bond donors (Lipinski definition) is 3. The van der Waals surface area contributed by atoms with Crippen LogP contribution >= 0.6 is 0 Å². The Labute approximate surface area is 190 Å². The van der Waals surface area contributed by atoms with Gasteiger partial charge in [-0.1, -0.05) is 66.7 Å². The van der Waals surface area contributed by atoms with E-state index in [4.69, 9.17) is 4.74 Å². The summed E-state index contributed by atoms with van der Waals surface area (Å²) in [6.07, 6.45) is 0. The van der Waals surface area contributed by atoms with E-state index in [0.29, 0.717) is 17.0 Å². The van der Waals surface area contributed by atoms with Gasteiger partial charge < -0.3 is 15.2 Å². The molecule has 1 heterocycles. The van der Waals surface area contributed by atoms with Crippen molar-refractivity contribution in [2.45, 2.75) is 6.04 Å². The van der Waals surface area contributed by atoms with Crippen molar-refractivity contribution in [2.24, 2.45) is 0 Å². The SMILES string of the molecule is COc1c(C(=O)N[C@H](CO)c2ccccc2)ccc2[nH]nc(-c3ccc4ccccc4c3)c12. The molecular weight excluding hydrogens is 414 g/mol. The summed E-state index contributed by atoms with van der Waals surface area (Å²) in [6, 6.07) is 26.7. The van der Waals surface area contributed by atoms with E-state index in [1.165, 1.54) is 0 Å². The molecule has 1 aromatic heterocycles. The summed E-state index contributed by atoms with van der Waals surface area (Å²) in [5, 5.41) is 23.3. The number of carbonyl (C=O) groups is 1. The molecule has 6 nitrogen and oxygen atoms in total. The largest absolute Gasteiger partial charge is 0.495 e. The molecule has 0 unspecified atom stereocenters. The van der Waals surface area contributed by atoms with Crippen molar-refractivity contribution in [3.05, 3.63) is 96.1 Å². The molecule has 0 fully saturated rings.